The third kappa shape index (κ3) is 4.45. The van der Waals surface area contributed by atoms with E-state index in [-0.39, 0.29) is 30.6 Å². The van der Waals surface area contributed by atoms with Gasteiger partial charge >= 0.3 is 0 Å². The number of amides is 2. The number of halogens is 2. The molecule has 31 heavy (non-hydrogen) atoms. The largest absolute Gasteiger partial charge is 0.495 e. The molecule has 2 aromatic carbocycles. The summed E-state index contributed by atoms with van der Waals surface area (Å²) in [4.78, 5) is 25.1. The molecule has 1 aromatic heterocycles. The third-order valence-electron chi connectivity index (χ3n) is 5.34. The van der Waals surface area contributed by atoms with Gasteiger partial charge in [0.15, 0.2) is 0 Å². The minimum atomic E-state index is -0.240. The minimum absolute atomic E-state index is 0.0872. The van der Waals surface area contributed by atoms with Gasteiger partial charge in [-0.1, -0.05) is 17.7 Å². The maximum absolute atomic E-state index is 12.9. The summed E-state index contributed by atoms with van der Waals surface area (Å²) < 4.78 is 6.08. The molecule has 160 valence electrons. The van der Waals surface area contributed by atoms with Gasteiger partial charge in [-0.3, -0.25) is 14.7 Å². The van der Waals surface area contributed by atoms with Gasteiger partial charge in [0.1, 0.15) is 10.4 Å². The number of anilines is 1. The summed E-state index contributed by atoms with van der Waals surface area (Å²) in [7, 11) is 1.54. The van der Waals surface area contributed by atoms with Crippen LogP contribution in [-0.4, -0.2) is 29.1 Å². The highest BCUT2D eigenvalue weighted by atomic mass is 79.9. The van der Waals surface area contributed by atoms with Crippen LogP contribution in [-0.2, 0) is 9.59 Å². The molecule has 0 saturated heterocycles. The molecule has 0 bridgehead atoms. The Labute approximate surface area is 192 Å². The number of H-pyrrole nitrogens is 1. The van der Waals surface area contributed by atoms with Gasteiger partial charge in [0.2, 0.25) is 11.8 Å². The Bertz CT molecular complexity index is 1220. The fraction of sp³-hybridized carbons (Fsp3) is 0.227. The Morgan fingerprint density at radius 2 is 2.13 bits per heavy atom. The monoisotopic (exact) mass is 502 g/mol. The van der Waals surface area contributed by atoms with E-state index in [9.17, 15) is 9.59 Å². The molecule has 4 rings (SSSR count). The molecule has 2 amide bonds. The molecule has 0 radical (unpaired) electrons. The number of aromatic nitrogens is 2. The highest BCUT2D eigenvalue weighted by molar-refractivity contribution is 9.10. The molecule has 0 aliphatic carbocycles. The first kappa shape index (κ1) is 21.4. The average Bonchev–Trinajstić information content (AvgIpc) is 3.10. The Morgan fingerprint density at radius 3 is 2.90 bits per heavy atom. The van der Waals surface area contributed by atoms with Crippen LogP contribution in [0.5, 0.6) is 5.75 Å². The number of fused-ring (bicyclic) bond motifs is 1. The lowest BCUT2D eigenvalue weighted by Gasteiger charge is -2.28. The predicted octanol–water partition coefficient (Wildman–Crippen LogP) is 4.89. The SMILES string of the molecule is COc1cc(C2CC(=O)NC(C)=C2CC(=O)Nc2ccc3n[nH]c(Br)c3c2)ccc1Cl. The van der Waals surface area contributed by atoms with Crippen LogP contribution >= 0.6 is 27.5 Å². The van der Waals surface area contributed by atoms with Gasteiger partial charge < -0.3 is 15.4 Å². The molecular formula is C22H20BrClN4O3. The van der Waals surface area contributed by atoms with Crippen LogP contribution in [0.2, 0.25) is 5.02 Å². The summed E-state index contributed by atoms with van der Waals surface area (Å²) in [5, 5.41) is 14.2. The number of carbonyl (C=O) groups is 2. The van der Waals surface area contributed by atoms with E-state index in [4.69, 9.17) is 16.3 Å². The average molecular weight is 504 g/mol. The molecule has 0 fully saturated rings. The lowest BCUT2D eigenvalue weighted by molar-refractivity contribution is -0.121. The first-order valence-electron chi connectivity index (χ1n) is 9.62. The number of hydrogen-bond acceptors (Lipinski definition) is 4. The minimum Gasteiger partial charge on any atom is -0.495 e. The Balaban J connectivity index is 1.59. The van der Waals surface area contributed by atoms with Crippen molar-refractivity contribution in [1.29, 1.82) is 0 Å². The molecule has 1 aliphatic heterocycles. The number of benzene rings is 2. The second-order valence-corrected chi connectivity index (χ2v) is 8.54. The molecule has 2 heterocycles. The summed E-state index contributed by atoms with van der Waals surface area (Å²) in [6, 6.07) is 10.9. The maximum Gasteiger partial charge on any atom is 0.228 e. The number of rotatable bonds is 5. The van der Waals surface area contributed by atoms with Crippen LogP contribution in [0.25, 0.3) is 10.9 Å². The van der Waals surface area contributed by atoms with Gasteiger partial charge in [-0.05, 0) is 64.3 Å². The summed E-state index contributed by atoms with van der Waals surface area (Å²) >= 11 is 9.57. The van der Waals surface area contributed by atoms with Crippen LogP contribution < -0.4 is 15.4 Å². The van der Waals surface area contributed by atoms with Crippen molar-refractivity contribution < 1.29 is 14.3 Å². The second-order valence-electron chi connectivity index (χ2n) is 7.34. The van der Waals surface area contributed by atoms with Crippen molar-refractivity contribution in [3.63, 3.8) is 0 Å². The molecule has 3 N–H and O–H groups in total. The van der Waals surface area contributed by atoms with E-state index in [2.05, 4.69) is 36.8 Å². The summed E-state index contributed by atoms with van der Waals surface area (Å²) in [5.41, 5.74) is 3.89. The van der Waals surface area contributed by atoms with Crippen molar-refractivity contribution in [3.8, 4) is 5.75 Å². The molecular weight excluding hydrogens is 484 g/mol. The highest BCUT2D eigenvalue weighted by Gasteiger charge is 2.29. The molecule has 0 spiro atoms. The van der Waals surface area contributed by atoms with Gasteiger partial charge in [0.05, 0.1) is 24.1 Å². The number of carbonyl (C=O) groups excluding carboxylic acids is 2. The molecule has 1 unspecified atom stereocenters. The number of aromatic amines is 1. The number of allylic oxidation sites excluding steroid dienone is 1. The van der Waals surface area contributed by atoms with E-state index < -0.39 is 0 Å². The van der Waals surface area contributed by atoms with E-state index >= 15 is 0 Å². The van der Waals surface area contributed by atoms with E-state index in [0.29, 0.717) is 22.2 Å². The van der Waals surface area contributed by atoms with Crippen molar-refractivity contribution in [1.82, 2.24) is 15.5 Å². The van der Waals surface area contributed by atoms with E-state index in [0.717, 1.165) is 26.6 Å². The quantitative estimate of drug-likeness (QED) is 0.462. The van der Waals surface area contributed by atoms with E-state index in [1.807, 2.05) is 31.2 Å². The lowest BCUT2D eigenvalue weighted by atomic mass is 9.82. The zero-order valence-corrected chi connectivity index (χ0v) is 19.2. The van der Waals surface area contributed by atoms with Crippen LogP contribution in [0.4, 0.5) is 5.69 Å². The van der Waals surface area contributed by atoms with Gasteiger partial charge in [-0.25, -0.2) is 0 Å². The van der Waals surface area contributed by atoms with Crippen LogP contribution in [0.1, 0.15) is 31.2 Å². The number of ether oxygens (including phenoxy) is 1. The Kier molecular flexibility index (Phi) is 6.02. The van der Waals surface area contributed by atoms with Crippen LogP contribution in [0.15, 0.2) is 52.3 Å². The van der Waals surface area contributed by atoms with Crippen LogP contribution in [0.3, 0.4) is 0 Å². The zero-order valence-electron chi connectivity index (χ0n) is 16.9. The van der Waals surface area contributed by atoms with Gasteiger partial charge in [-0.15, -0.1) is 0 Å². The molecule has 9 heteroatoms. The van der Waals surface area contributed by atoms with Crippen LogP contribution in [0, 0.1) is 0 Å². The standard InChI is InChI=1S/C22H20BrClN4O3/c1-11-14(9-21(30)26-13-4-6-18-16(8-13)22(23)28-27-18)15(10-20(29)25-11)12-3-5-17(24)19(7-12)31-2/h3-8,15H,9-10H2,1-2H3,(H,25,29)(H,26,30)(H,27,28). The smallest absolute Gasteiger partial charge is 0.228 e. The number of nitrogens with zero attached hydrogens (tertiary/aromatic N) is 1. The topological polar surface area (TPSA) is 96.1 Å². The van der Waals surface area contributed by atoms with Gasteiger partial charge in [0, 0.05) is 29.1 Å². The molecule has 3 aromatic rings. The maximum atomic E-state index is 12.9. The van der Waals surface area contributed by atoms with E-state index in [1.165, 1.54) is 0 Å². The number of hydrogen-bond donors (Lipinski definition) is 3. The summed E-state index contributed by atoms with van der Waals surface area (Å²) in [6.07, 6.45) is 0.394. The third-order valence-corrected chi connectivity index (χ3v) is 6.26. The number of methoxy groups -OCH3 is 1. The summed E-state index contributed by atoms with van der Waals surface area (Å²) in [5.74, 6) is 0.0352. The van der Waals surface area contributed by atoms with Crippen molar-refractivity contribution in [2.45, 2.75) is 25.7 Å². The zero-order chi connectivity index (χ0) is 22.1. The van der Waals surface area contributed by atoms with Crippen molar-refractivity contribution in [2.24, 2.45) is 0 Å². The first-order valence-corrected chi connectivity index (χ1v) is 10.8. The Morgan fingerprint density at radius 1 is 1.32 bits per heavy atom. The van der Waals surface area contributed by atoms with Gasteiger partial charge in [0.25, 0.3) is 0 Å². The second kappa shape index (κ2) is 8.72. The fourth-order valence-corrected chi connectivity index (χ4v) is 4.41. The van der Waals surface area contributed by atoms with E-state index in [1.54, 1.807) is 19.2 Å². The van der Waals surface area contributed by atoms with Crippen molar-refractivity contribution in [2.75, 3.05) is 12.4 Å². The number of nitrogens with one attached hydrogen (secondary N) is 3. The Hall–Kier alpha value is -2.84. The van der Waals surface area contributed by atoms with Crippen molar-refractivity contribution >= 4 is 55.9 Å². The predicted molar refractivity (Wildman–Crippen MR) is 123 cm³/mol. The lowest BCUT2D eigenvalue weighted by Crippen LogP contribution is -2.32. The van der Waals surface area contributed by atoms with Gasteiger partial charge in [-0.2, -0.15) is 5.10 Å². The first-order chi connectivity index (χ1) is 14.9. The summed E-state index contributed by atoms with van der Waals surface area (Å²) in [6.45, 7) is 1.81. The molecule has 1 atom stereocenters. The molecule has 0 saturated carbocycles. The molecule has 1 aliphatic rings. The highest BCUT2D eigenvalue weighted by Crippen LogP contribution is 2.38. The van der Waals surface area contributed by atoms with Crippen molar-refractivity contribution in [3.05, 3.63) is 62.9 Å². The fourth-order valence-electron chi connectivity index (χ4n) is 3.81. The normalized spacial score (nSPS) is 16.4. The molecule has 7 nitrogen and oxygen atoms in total.